The Kier molecular flexibility index (Phi) is 3.22. The van der Waals surface area contributed by atoms with E-state index < -0.39 is 5.41 Å². The molecule has 1 unspecified atom stereocenters. The lowest BCUT2D eigenvalue weighted by Gasteiger charge is -2.11. The maximum atomic E-state index is 10.3. The number of carbonyl (C=O) groups is 1. The van der Waals surface area contributed by atoms with Crippen molar-refractivity contribution in [3.05, 3.63) is 0 Å². The van der Waals surface area contributed by atoms with Gasteiger partial charge in [0.25, 0.3) is 0 Å². The van der Waals surface area contributed by atoms with Crippen LogP contribution >= 0.6 is 0 Å². The minimum atomic E-state index is -0.740. The van der Waals surface area contributed by atoms with Gasteiger partial charge in [-0.3, -0.25) is 0 Å². The SMILES string of the molecule is C#CC(C)(C=O)CCC#N. The highest BCUT2D eigenvalue weighted by Gasteiger charge is 2.18. The first kappa shape index (κ1) is 8.72. The Labute approximate surface area is 60.8 Å². The van der Waals surface area contributed by atoms with Crippen LogP contribution in [-0.2, 0) is 4.79 Å². The van der Waals surface area contributed by atoms with Crippen LogP contribution < -0.4 is 0 Å². The second kappa shape index (κ2) is 3.69. The molecule has 0 aromatic heterocycles. The Morgan fingerprint density at radius 2 is 2.40 bits per heavy atom. The van der Waals surface area contributed by atoms with Crippen molar-refractivity contribution in [2.45, 2.75) is 19.8 Å². The normalized spacial score (nSPS) is 14.3. The third-order valence-corrected chi connectivity index (χ3v) is 1.35. The summed E-state index contributed by atoms with van der Waals surface area (Å²) in [5, 5.41) is 8.19. The highest BCUT2D eigenvalue weighted by molar-refractivity contribution is 5.63. The standard InChI is InChI=1S/C8H9NO/c1-3-8(2,7-10)5-4-6-9/h1,7H,4-5H2,2H3. The van der Waals surface area contributed by atoms with Crippen molar-refractivity contribution in [1.29, 1.82) is 5.26 Å². The van der Waals surface area contributed by atoms with Crippen molar-refractivity contribution < 1.29 is 4.79 Å². The molecule has 10 heavy (non-hydrogen) atoms. The molecule has 0 radical (unpaired) electrons. The molecule has 0 fully saturated rings. The van der Waals surface area contributed by atoms with E-state index in [1.165, 1.54) is 0 Å². The summed E-state index contributed by atoms with van der Waals surface area (Å²) in [4.78, 5) is 10.3. The Balaban J connectivity index is 4.00. The van der Waals surface area contributed by atoms with Gasteiger partial charge in [0.15, 0.2) is 0 Å². The first-order valence-electron chi connectivity index (χ1n) is 2.99. The molecule has 52 valence electrons. The second-order valence-corrected chi connectivity index (χ2v) is 2.34. The average molecular weight is 135 g/mol. The first-order valence-corrected chi connectivity index (χ1v) is 2.99. The number of hydrogen-bond donors (Lipinski definition) is 0. The fraction of sp³-hybridized carbons (Fsp3) is 0.500. The van der Waals surface area contributed by atoms with Crippen LogP contribution in [0.4, 0.5) is 0 Å². The van der Waals surface area contributed by atoms with E-state index >= 15 is 0 Å². The number of hydrogen-bond acceptors (Lipinski definition) is 2. The zero-order valence-corrected chi connectivity index (χ0v) is 5.92. The van der Waals surface area contributed by atoms with Gasteiger partial charge < -0.3 is 4.79 Å². The molecule has 0 aliphatic rings. The number of aldehydes is 1. The molecule has 0 heterocycles. The maximum Gasteiger partial charge on any atom is 0.137 e. The minimum Gasteiger partial charge on any atom is -0.302 e. The van der Waals surface area contributed by atoms with E-state index in [9.17, 15) is 4.79 Å². The number of terminal acetylenes is 1. The Bertz CT molecular complexity index is 196. The molecule has 0 bridgehead atoms. The molecule has 0 aromatic rings. The van der Waals surface area contributed by atoms with E-state index in [-0.39, 0.29) is 0 Å². The summed E-state index contributed by atoms with van der Waals surface area (Å²) in [7, 11) is 0. The molecule has 2 heteroatoms. The van der Waals surface area contributed by atoms with Gasteiger partial charge in [-0.25, -0.2) is 0 Å². The largest absolute Gasteiger partial charge is 0.302 e. The van der Waals surface area contributed by atoms with E-state index in [0.29, 0.717) is 19.1 Å². The lowest BCUT2D eigenvalue weighted by atomic mass is 9.89. The summed E-state index contributed by atoms with van der Waals surface area (Å²) in [6.07, 6.45) is 6.56. The van der Waals surface area contributed by atoms with Crippen LogP contribution in [-0.4, -0.2) is 6.29 Å². The summed E-state index contributed by atoms with van der Waals surface area (Å²) in [5.74, 6) is 2.34. The molecule has 1 atom stereocenters. The average Bonchev–Trinajstić information content (AvgIpc) is 2.00. The molecule has 2 nitrogen and oxygen atoms in total. The van der Waals surface area contributed by atoms with Crippen LogP contribution in [0.3, 0.4) is 0 Å². The molecular formula is C8H9NO. The minimum absolute atomic E-state index is 0.333. The van der Waals surface area contributed by atoms with E-state index in [1.54, 1.807) is 6.92 Å². The van der Waals surface area contributed by atoms with Crippen molar-refractivity contribution in [1.82, 2.24) is 0 Å². The van der Waals surface area contributed by atoms with Gasteiger partial charge in [0.05, 0.1) is 11.5 Å². The lowest BCUT2D eigenvalue weighted by Crippen LogP contribution is -2.14. The summed E-state index contributed by atoms with van der Waals surface area (Å²) in [5.41, 5.74) is -0.740. The number of nitriles is 1. The van der Waals surface area contributed by atoms with Gasteiger partial charge >= 0.3 is 0 Å². The summed E-state index contributed by atoms with van der Waals surface area (Å²) >= 11 is 0. The van der Waals surface area contributed by atoms with Gasteiger partial charge in [0.1, 0.15) is 6.29 Å². The first-order chi connectivity index (χ1) is 4.68. The molecular weight excluding hydrogens is 126 g/mol. The van der Waals surface area contributed by atoms with Crippen molar-refractivity contribution in [3.63, 3.8) is 0 Å². The van der Waals surface area contributed by atoms with Crippen LogP contribution in [0.1, 0.15) is 19.8 Å². The predicted octanol–water partition coefficient (Wildman–Crippen LogP) is 1.13. The Morgan fingerprint density at radius 1 is 1.80 bits per heavy atom. The van der Waals surface area contributed by atoms with E-state index in [2.05, 4.69) is 5.92 Å². The predicted molar refractivity (Wildman–Crippen MR) is 37.9 cm³/mol. The number of nitrogens with zero attached hydrogens (tertiary/aromatic N) is 1. The summed E-state index contributed by atoms with van der Waals surface area (Å²) in [6, 6.07) is 1.94. The highest BCUT2D eigenvalue weighted by atomic mass is 16.1. The molecule has 0 aliphatic heterocycles. The smallest absolute Gasteiger partial charge is 0.137 e. The van der Waals surface area contributed by atoms with E-state index in [1.807, 2.05) is 6.07 Å². The van der Waals surface area contributed by atoms with Crippen molar-refractivity contribution in [3.8, 4) is 18.4 Å². The fourth-order valence-electron chi connectivity index (χ4n) is 0.481. The second-order valence-electron chi connectivity index (χ2n) is 2.34. The van der Waals surface area contributed by atoms with Crippen LogP contribution in [0.15, 0.2) is 0 Å². The van der Waals surface area contributed by atoms with Crippen LogP contribution in [0.5, 0.6) is 0 Å². The van der Waals surface area contributed by atoms with Crippen LogP contribution in [0.25, 0.3) is 0 Å². The number of rotatable bonds is 3. The Hall–Kier alpha value is -1.28. The highest BCUT2D eigenvalue weighted by Crippen LogP contribution is 2.17. The molecule has 0 rings (SSSR count). The van der Waals surface area contributed by atoms with E-state index in [0.717, 1.165) is 0 Å². The van der Waals surface area contributed by atoms with Gasteiger partial charge in [-0.2, -0.15) is 5.26 Å². The zero-order valence-electron chi connectivity index (χ0n) is 5.92. The summed E-state index contributed by atoms with van der Waals surface area (Å²) in [6.45, 7) is 1.65. The van der Waals surface area contributed by atoms with Crippen molar-refractivity contribution in [2.75, 3.05) is 0 Å². The maximum absolute atomic E-state index is 10.3. The zero-order chi connectivity index (χ0) is 8.04. The molecule has 0 aromatic carbocycles. The third-order valence-electron chi connectivity index (χ3n) is 1.35. The van der Waals surface area contributed by atoms with Gasteiger partial charge in [-0.1, -0.05) is 5.92 Å². The quantitative estimate of drug-likeness (QED) is 0.430. The lowest BCUT2D eigenvalue weighted by molar-refractivity contribution is -0.113. The van der Waals surface area contributed by atoms with Crippen LogP contribution in [0, 0.1) is 29.1 Å². The monoisotopic (exact) mass is 135 g/mol. The molecule has 0 spiro atoms. The van der Waals surface area contributed by atoms with Crippen molar-refractivity contribution in [2.24, 2.45) is 5.41 Å². The van der Waals surface area contributed by atoms with Gasteiger partial charge in [-0.15, -0.1) is 6.42 Å². The molecule has 0 amide bonds. The molecule has 0 N–H and O–H groups in total. The summed E-state index contributed by atoms with van der Waals surface area (Å²) < 4.78 is 0. The molecule has 0 saturated heterocycles. The van der Waals surface area contributed by atoms with Gasteiger partial charge in [0.2, 0.25) is 0 Å². The molecule has 0 aliphatic carbocycles. The third kappa shape index (κ3) is 2.33. The van der Waals surface area contributed by atoms with E-state index in [4.69, 9.17) is 11.7 Å². The van der Waals surface area contributed by atoms with Gasteiger partial charge in [0, 0.05) is 6.42 Å². The van der Waals surface area contributed by atoms with Gasteiger partial charge in [-0.05, 0) is 13.3 Å². The van der Waals surface area contributed by atoms with Crippen LogP contribution in [0.2, 0.25) is 0 Å². The molecule has 0 saturated carbocycles. The topological polar surface area (TPSA) is 40.9 Å². The fourth-order valence-corrected chi connectivity index (χ4v) is 0.481. The number of carbonyl (C=O) groups excluding carboxylic acids is 1. The Morgan fingerprint density at radius 3 is 2.70 bits per heavy atom. The van der Waals surface area contributed by atoms with Crippen molar-refractivity contribution >= 4 is 6.29 Å².